The largest absolute Gasteiger partial charge is 0.375 e. The molecule has 0 aromatic heterocycles. The third-order valence-corrected chi connectivity index (χ3v) is 3.99. The van der Waals surface area contributed by atoms with Gasteiger partial charge in [0.15, 0.2) is 0 Å². The van der Waals surface area contributed by atoms with Gasteiger partial charge in [0.25, 0.3) is 0 Å². The molecular weight excluding hydrogens is 188 g/mol. The molecule has 2 fully saturated rings. The second kappa shape index (κ2) is 4.25. The lowest BCUT2D eigenvalue weighted by molar-refractivity contribution is -0.147. The van der Waals surface area contributed by atoms with Crippen LogP contribution in [0.25, 0.3) is 0 Å². The van der Waals surface area contributed by atoms with Crippen LogP contribution in [-0.4, -0.2) is 18.0 Å². The van der Waals surface area contributed by atoms with Crippen molar-refractivity contribution in [3.63, 3.8) is 0 Å². The summed E-state index contributed by atoms with van der Waals surface area (Å²) in [5, 5.41) is 0. The summed E-state index contributed by atoms with van der Waals surface area (Å²) < 4.78 is 5.86. The normalized spacial score (nSPS) is 29.1. The molecule has 0 aromatic rings. The lowest BCUT2D eigenvalue weighted by Crippen LogP contribution is -2.45. The Kier molecular flexibility index (Phi) is 3.15. The highest BCUT2D eigenvalue weighted by atomic mass is 16.5. The van der Waals surface area contributed by atoms with Crippen molar-refractivity contribution in [3.05, 3.63) is 0 Å². The van der Waals surface area contributed by atoms with Gasteiger partial charge in [-0.2, -0.15) is 0 Å². The van der Waals surface area contributed by atoms with E-state index in [1.807, 2.05) is 13.8 Å². The molecule has 86 valence electrons. The Labute approximate surface area is 92.4 Å². The predicted molar refractivity (Wildman–Crippen MR) is 59.7 cm³/mol. The first-order valence-corrected chi connectivity index (χ1v) is 6.28. The molecule has 0 aromatic carbocycles. The van der Waals surface area contributed by atoms with Crippen LogP contribution in [0.2, 0.25) is 0 Å². The average Bonchev–Trinajstić information content (AvgIpc) is 2.15. The summed E-state index contributed by atoms with van der Waals surface area (Å²) in [6.07, 6.45) is 6.75. The van der Waals surface area contributed by atoms with Crippen molar-refractivity contribution < 1.29 is 9.53 Å². The number of carbonyl (C=O) groups excluding carboxylic acids is 1. The molecule has 1 atom stereocenters. The summed E-state index contributed by atoms with van der Waals surface area (Å²) in [4.78, 5) is 11.7. The van der Waals surface area contributed by atoms with Crippen LogP contribution in [0.5, 0.6) is 0 Å². The molecule has 0 bridgehead atoms. The molecule has 0 radical (unpaired) electrons. The smallest absolute Gasteiger partial charge is 0.135 e. The van der Waals surface area contributed by atoms with Crippen LogP contribution >= 0.6 is 0 Å². The van der Waals surface area contributed by atoms with Crippen molar-refractivity contribution in [1.82, 2.24) is 0 Å². The molecule has 1 aliphatic heterocycles. The van der Waals surface area contributed by atoms with Gasteiger partial charge in [-0.15, -0.1) is 0 Å². The maximum absolute atomic E-state index is 11.7. The van der Waals surface area contributed by atoms with E-state index in [1.165, 1.54) is 19.3 Å². The SMILES string of the molecule is CC(C)C(=O)CC1CCOC2(CCC2)C1. The predicted octanol–water partition coefficient (Wildman–Crippen LogP) is 2.95. The molecule has 2 nitrogen and oxygen atoms in total. The topological polar surface area (TPSA) is 26.3 Å². The van der Waals surface area contributed by atoms with Gasteiger partial charge in [0.05, 0.1) is 5.60 Å². The van der Waals surface area contributed by atoms with Crippen molar-refractivity contribution in [1.29, 1.82) is 0 Å². The van der Waals surface area contributed by atoms with Gasteiger partial charge >= 0.3 is 0 Å². The third kappa shape index (κ3) is 2.41. The van der Waals surface area contributed by atoms with E-state index >= 15 is 0 Å². The summed E-state index contributed by atoms with van der Waals surface area (Å²) in [6.45, 7) is 4.87. The first kappa shape index (κ1) is 11.1. The van der Waals surface area contributed by atoms with Crippen molar-refractivity contribution in [3.8, 4) is 0 Å². The lowest BCUT2D eigenvalue weighted by atomic mass is 9.71. The average molecular weight is 210 g/mol. The summed E-state index contributed by atoms with van der Waals surface area (Å²) in [5.41, 5.74) is 0.195. The number of hydrogen-bond acceptors (Lipinski definition) is 2. The van der Waals surface area contributed by atoms with E-state index in [-0.39, 0.29) is 11.5 Å². The molecule has 1 saturated carbocycles. The van der Waals surface area contributed by atoms with Gasteiger partial charge in [-0.1, -0.05) is 13.8 Å². The molecule has 15 heavy (non-hydrogen) atoms. The number of ketones is 1. The summed E-state index contributed by atoms with van der Waals surface area (Å²) >= 11 is 0. The maximum atomic E-state index is 11.7. The minimum atomic E-state index is 0.195. The van der Waals surface area contributed by atoms with Crippen LogP contribution in [0.4, 0.5) is 0 Å². The lowest BCUT2D eigenvalue weighted by Gasteiger charge is -2.47. The molecule has 1 saturated heterocycles. The van der Waals surface area contributed by atoms with Gasteiger partial charge in [0.2, 0.25) is 0 Å². The van der Waals surface area contributed by atoms with Crippen molar-refractivity contribution in [2.75, 3.05) is 6.61 Å². The number of Topliss-reactive ketones (excluding diaryl/α,β-unsaturated/α-hetero) is 1. The van der Waals surface area contributed by atoms with Crippen LogP contribution in [0.15, 0.2) is 0 Å². The Morgan fingerprint density at radius 3 is 2.73 bits per heavy atom. The Bertz CT molecular complexity index is 241. The molecule has 2 heteroatoms. The zero-order valence-corrected chi connectivity index (χ0v) is 9.92. The Morgan fingerprint density at radius 2 is 2.20 bits per heavy atom. The van der Waals surface area contributed by atoms with Crippen LogP contribution in [0, 0.1) is 11.8 Å². The van der Waals surface area contributed by atoms with Crippen molar-refractivity contribution in [2.45, 2.75) is 58.0 Å². The summed E-state index contributed by atoms with van der Waals surface area (Å²) in [7, 11) is 0. The van der Waals surface area contributed by atoms with E-state index in [4.69, 9.17) is 4.74 Å². The Balaban J connectivity index is 1.85. The highest BCUT2D eigenvalue weighted by molar-refractivity contribution is 5.80. The number of carbonyl (C=O) groups is 1. The van der Waals surface area contributed by atoms with E-state index < -0.39 is 0 Å². The van der Waals surface area contributed by atoms with Gasteiger partial charge in [0.1, 0.15) is 5.78 Å². The minimum Gasteiger partial charge on any atom is -0.375 e. The molecule has 1 heterocycles. The van der Waals surface area contributed by atoms with Crippen molar-refractivity contribution in [2.24, 2.45) is 11.8 Å². The van der Waals surface area contributed by atoms with Gasteiger partial charge < -0.3 is 4.74 Å². The van der Waals surface area contributed by atoms with Crippen molar-refractivity contribution >= 4 is 5.78 Å². The monoisotopic (exact) mass is 210 g/mol. The van der Waals surface area contributed by atoms with E-state index in [0.717, 1.165) is 25.9 Å². The first-order valence-electron chi connectivity index (χ1n) is 6.28. The zero-order valence-electron chi connectivity index (χ0n) is 9.92. The van der Waals surface area contributed by atoms with Crippen LogP contribution in [0.1, 0.15) is 52.4 Å². The number of hydrogen-bond donors (Lipinski definition) is 0. The molecule has 1 spiro atoms. The van der Waals surface area contributed by atoms with E-state index in [2.05, 4.69) is 0 Å². The fourth-order valence-electron chi connectivity index (χ4n) is 2.74. The highest BCUT2D eigenvalue weighted by Gasteiger charge is 2.42. The van der Waals surface area contributed by atoms with Gasteiger partial charge in [-0.3, -0.25) is 4.79 Å². The Hall–Kier alpha value is -0.370. The Morgan fingerprint density at radius 1 is 1.47 bits per heavy atom. The standard InChI is InChI=1S/C13H22O2/c1-10(2)12(14)8-11-4-7-15-13(9-11)5-3-6-13/h10-11H,3-9H2,1-2H3. The van der Waals surface area contributed by atoms with Crippen LogP contribution in [0.3, 0.4) is 0 Å². The maximum Gasteiger partial charge on any atom is 0.135 e. The summed E-state index contributed by atoms with van der Waals surface area (Å²) in [6, 6.07) is 0. The number of ether oxygens (including phenoxy) is 1. The molecule has 2 rings (SSSR count). The van der Waals surface area contributed by atoms with Crippen LogP contribution < -0.4 is 0 Å². The minimum absolute atomic E-state index is 0.195. The molecular formula is C13H22O2. The fraction of sp³-hybridized carbons (Fsp3) is 0.923. The van der Waals surface area contributed by atoms with Gasteiger partial charge in [0, 0.05) is 18.9 Å². The molecule has 1 aliphatic carbocycles. The first-order chi connectivity index (χ1) is 7.11. The molecule has 1 unspecified atom stereocenters. The zero-order chi connectivity index (χ0) is 10.9. The van der Waals surface area contributed by atoms with Gasteiger partial charge in [-0.05, 0) is 38.0 Å². The molecule has 2 aliphatic rings. The third-order valence-electron chi connectivity index (χ3n) is 3.99. The van der Waals surface area contributed by atoms with E-state index in [9.17, 15) is 4.79 Å². The molecule has 0 N–H and O–H groups in total. The van der Waals surface area contributed by atoms with Crippen LogP contribution in [-0.2, 0) is 9.53 Å². The van der Waals surface area contributed by atoms with E-state index in [1.54, 1.807) is 0 Å². The molecule has 0 amide bonds. The quantitative estimate of drug-likeness (QED) is 0.716. The van der Waals surface area contributed by atoms with Gasteiger partial charge in [-0.25, -0.2) is 0 Å². The number of rotatable bonds is 3. The summed E-state index contributed by atoms with van der Waals surface area (Å²) in [5.74, 6) is 1.22. The highest BCUT2D eigenvalue weighted by Crippen LogP contribution is 2.45. The fourth-order valence-corrected chi connectivity index (χ4v) is 2.74. The second-order valence-electron chi connectivity index (χ2n) is 5.57. The second-order valence-corrected chi connectivity index (χ2v) is 5.57. The van der Waals surface area contributed by atoms with E-state index in [0.29, 0.717) is 11.7 Å².